The highest BCUT2D eigenvalue weighted by Crippen LogP contribution is 2.21. The zero-order valence-corrected chi connectivity index (χ0v) is 17.3. The molecule has 0 aliphatic carbocycles. The van der Waals surface area contributed by atoms with E-state index >= 15 is 0 Å². The Kier molecular flexibility index (Phi) is 9.09. The maximum atomic E-state index is 11.5. The maximum absolute atomic E-state index is 11.5. The van der Waals surface area contributed by atoms with Crippen molar-refractivity contribution >= 4 is 56.1 Å². The van der Waals surface area contributed by atoms with Gasteiger partial charge in [0.1, 0.15) is 12.8 Å². The number of nitrogens with zero attached hydrogens (tertiary/aromatic N) is 1. The molecule has 6 nitrogen and oxygen atoms in total. The third-order valence-corrected chi connectivity index (χ3v) is 4.81. The molecule has 25 heavy (non-hydrogen) atoms. The predicted octanol–water partition coefficient (Wildman–Crippen LogP) is 2.98. The number of benzene rings is 1. The number of oxime groups is 1. The van der Waals surface area contributed by atoms with Crippen LogP contribution in [0.3, 0.4) is 0 Å². The van der Waals surface area contributed by atoms with Gasteiger partial charge >= 0.3 is 0 Å². The molecule has 0 aliphatic rings. The molecule has 10 heteroatoms. The van der Waals surface area contributed by atoms with Crippen molar-refractivity contribution < 1.29 is 13.3 Å². The number of hydrogen-bond donors (Lipinski definition) is 2. The topological polar surface area (TPSA) is 79.8 Å². The first-order chi connectivity index (χ1) is 11.7. The zero-order valence-electron chi connectivity index (χ0n) is 14.2. The molecule has 0 bridgehead atoms. The van der Waals surface area contributed by atoms with Gasteiger partial charge in [0.15, 0.2) is 0 Å². The van der Waals surface area contributed by atoms with Gasteiger partial charge in [-0.2, -0.15) is 0 Å². The molecule has 0 amide bonds. The van der Waals surface area contributed by atoms with Crippen molar-refractivity contribution in [1.82, 2.24) is 10.0 Å². The normalized spacial score (nSPS) is 13.4. The standard InChI is InChI=1S/C15H21Cl2N3O3S2/c1-4-5-13(20-25(3,21)22)15(24)18-9-14(19-23-2)11-7-6-10(16)8-12(11)17/h6-8,13,20H,4-5,9H2,1-3H3,(H,18,24). The molecule has 140 valence electrons. The predicted molar refractivity (Wildman–Crippen MR) is 107 cm³/mol. The SMILES string of the molecule is CCCC(NS(C)(=O)=O)C(=S)NCC(=NOC)c1ccc(Cl)cc1Cl. The van der Waals surface area contributed by atoms with Crippen molar-refractivity contribution in [1.29, 1.82) is 0 Å². The molecule has 1 unspecified atom stereocenters. The van der Waals surface area contributed by atoms with E-state index in [2.05, 4.69) is 15.2 Å². The van der Waals surface area contributed by atoms with E-state index < -0.39 is 16.1 Å². The van der Waals surface area contributed by atoms with Gasteiger partial charge in [-0.15, -0.1) is 0 Å². The smallest absolute Gasteiger partial charge is 0.209 e. The fourth-order valence-corrected chi connectivity index (χ4v) is 3.69. The largest absolute Gasteiger partial charge is 0.399 e. The third-order valence-electron chi connectivity index (χ3n) is 3.12. The summed E-state index contributed by atoms with van der Waals surface area (Å²) in [6.45, 7) is 2.17. The lowest BCUT2D eigenvalue weighted by Gasteiger charge is -2.20. The summed E-state index contributed by atoms with van der Waals surface area (Å²) in [4.78, 5) is 5.24. The van der Waals surface area contributed by atoms with Gasteiger partial charge in [-0.25, -0.2) is 13.1 Å². The number of thiocarbonyl (C=S) groups is 1. The van der Waals surface area contributed by atoms with Crippen molar-refractivity contribution in [3.05, 3.63) is 33.8 Å². The van der Waals surface area contributed by atoms with E-state index in [4.69, 9.17) is 40.3 Å². The molecule has 1 rings (SSSR count). The Morgan fingerprint density at radius 2 is 2.08 bits per heavy atom. The van der Waals surface area contributed by atoms with Crippen LogP contribution < -0.4 is 10.0 Å². The van der Waals surface area contributed by atoms with E-state index in [-0.39, 0.29) is 6.54 Å². The number of halogens is 2. The Morgan fingerprint density at radius 3 is 2.60 bits per heavy atom. The molecule has 0 radical (unpaired) electrons. The van der Waals surface area contributed by atoms with Gasteiger partial charge in [0.2, 0.25) is 10.0 Å². The summed E-state index contributed by atoms with van der Waals surface area (Å²) in [5, 5.41) is 7.92. The lowest BCUT2D eigenvalue weighted by atomic mass is 10.1. The lowest BCUT2D eigenvalue weighted by molar-refractivity contribution is 0.213. The molecule has 1 aromatic rings. The minimum atomic E-state index is -3.37. The number of nitrogens with one attached hydrogen (secondary N) is 2. The summed E-state index contributed by atoms with van der Waals surface area (Å²) < 4.78 is 25.5. The summed E-state index contributed by atoms with van der Waals surface area (Å²) in [6.07, 6.45) is 2.46. The second-order valence-corrected chi connectivity index (χ2v) is 8.36. The lowest BCUT2D eigenvalue weighted by Crippen LogP contribution is -2.46. The van der Waals surface area contributed by atoms with Crippen molar-refractivity contribution in [2.75, 3.05) is 19.9 Å². The van der Waals surface area contributed by atoms with Gasteiger partial charge in [0.05, 0.1) is 28.9 Å². The molecule has 0 saturated heterocycles. The monoisotopic (exact) mass is 425 g/mol. The zero-order chi connectivity index (χ0) is 19.0. The van der Waals surface area contributed by atoms with E-state index in [0.717, 1.165) is 12.7 Å². The average molecular weight is 426 g/mol. The van der Waals surface area contributed by atoms with Crippen molar-refractivity contribution in [3.8, 4) is 0 Å². The average Bonchev–Trinajstić information content (AvgIpc) is 2.50. The quantitative estimate of drug-likeness (QED) is 0.361. The van der Waals surface area contributed by atoms with Crippen LogP contribution in [0.4, 0.5) is 0 Å². The summed E-state index contributed by atoms with van der Waals surface area (Å²) in [6, 6.07) is 4.54. The second-order valence-electron chi connectivity index (χ2n) is 5.29. The molecule has 0 aromatic heterocycles. The Morgan fingerprint density at radius 1 is 1.40 bits per heavy atom. The van der Waals surface area contributed by atoms with Crippen LogP contribution in [0.2, 0.25) is 10.0 Å². The van der Waals surface area contributed by atoms with Crippen LogP contribution in [-0.4, -0.2) is 45.1 Å². The van der Waals surface area contributed by atoms with E-state index in [1.54, 1.807) is 18.2 Å². The molecule has 0 heterocycles. The highest BCUT2D eigenvalue weighted by molar-refractivity contribution is 7.88. The molecule has 2 N–H and O–H groups in total. The van der Waals surface area contributed by atoms with Crippen molar-refractivity contribution in [2.24, 2.45) is 5.16 Å². The number of hydrogen-bond acceptors (Lipinski definition) is 5. The highest BCUT2D eigenvalue weighted by Gasteiger charge is 2.19. The van der Waals surface area contributed by atoms with E-state index in [1.807, 2.05) is 6.92 Å². The van der Waals surface area contributed by atoms with Crippen LogP contribution >= 0.6 is 35.4 Å². The Hall–Kier alpha value is -0.930. The van der Waals surface area contributed by atoms with Crippen LogP contribution in [0.5, 0.6) is 0 Å². The van der Waals surface area contributed by atoms with Gasteiger partial charge in [0, 0.05) is 10.6 Å². The van der Waals surface area contributed by atoms with Gasteiger partial charge in [-0.1, -0.05) is 53.9 Å². The number of sulfonamides is 1. The van der Waals surface area contributed by atoms with Crippen LogP contribution in [-0.2, 0) is 14.9 Å². The van der Waals surface area contributed by atoms with Gasteiger partial charge in [-0.3, -0.25) is 0 Å². The molecule has 1 atom stereocenters. The Bertz CT molecular complexity index is 740. The summed E-state index contributed by atoms with van der Waals surface area (Å²) in [5.41, 5.74) is 1.16. The summed E-state index contributed by atoms with van der Waals surface area (Å²) in [7, 11) is -1.95. The van der Waals surface area contributed by atoms with Crippen molar-refractivity contribution in [3.63, 3.8) is 0 Å². The first-order valence-electron chi connectivity index (χ1n) is 7.48. The number of rotatable bonds is 9. The molecule has 1 aromatic carbocycles. The van der Waals surface area contributed by atoms with Crippen LogP contribution in [0.25, 0.3) is 0 Å². The second kappa shape index (κ2) is 10.3. The highest BCUT2D eigenvalue weighted by atomic mass is 35.5. The van der Waals surface area contributed by atoms with Crippen molar-refractivity contribution in [2.45, 2.75) is 25.8 Å². The first-order valence-corrected chi connectivity index (χ1v) is 10.5. The molecule has 0 fully saturated rings. The Balaban J connectivity index is 2.89. The molecule has 0 saturated carbocycles. The van der Waals surface area contributed by atoms with Gasteiger partial charge in [-0.05, 0) is 24.6 Å². The molecular weight excluding hydrogens is 405 g/mol. The van der Waals surface area contributed by atoms with E-state index in [0.29, 0.717) is 32.7 Å². The van der Waals surface area contributed by atoms with Gasteiger partial charge in [0.25, 0.3) is 0 Å². The van der Waals surface area contributed by atoms with Gasteiger partial charge < -0.3 is 10.2 Å². The molecule has 0 aliphatic heterocycles. The fourth-order valence-electron chi connectivity index (χ4n) is 2.10. The van der Waals surface area contributed by atoms with Crippen LogP contribution in [0.1, 0.15) is 25.3 Å². The minimum absolute atomic E-state index is 0.222. The first kappa shape index (κ1) is 22.1. The maximum Gasteiger partial charge on any atom is 0.209 e. The van der Waals surface area contributed by atoms with Crippen LogP contribution in [0, 0.1) is 0 Å². The molecular formula is C15H21Cl2N3O3S2. The third kappa shape index (κ3) is 7.87. The molecule has 0 spiro atoms. The summed E-state index contributed by atoms with van der Waals surface area (Å²) in [5.74, 6) is 0. The summed E-state index contributed by atoms with van der Waals surface area (Å²) >= 11 is 17.4. The van der Waals surface area contributed by atoms with Crippen LogP contribution in [0.15, 0.2) is 23.4 Å². The Labute approximate surface area is 164 Å². The fraction of sp³-hybridized carbons (Fsp3) is 0.467. The minimum Gasteiger partial charge on any atom is -0.399 e. The van der Waals surface area contributed by atoms with E-state index in [9.17, 15) is 8.42 Å². The van der Waals surface area contributed by atoms with E-state index in [1.165, 1.54) is 7.11 Å².